The van der Waals surface area contributed by atoms with E-state index in [4.69, 9.17) is 10.3 Å². The Hall–Kier alpha value is -1.93. The minimum absolute atomic E-state index is 0.277. The highest BCUT2D eigenvalue weighted by atomic mass is 79.9. The third kappa shape index (κ3) is 3.89. The number of benzene rings is 1. The van der Waals surface area contributed by atoms with Gasteiger partial charge in [-0.3, -0.25) is 0 Å². The fourth-order valence-corrected chi connectivity index (χ4v) is 2.60. The van der Waals surface area contributed by atoms with E-state index in [1.807, 2.05) is 24.3 Å². The molecule has 4 N–H and O–H groups in total. The molecule has 0 spiro atoms. The van der Waals surface area contributed by atoms with Crippen molar-refractivity contribution >= 4 is 27.6 Å². The molecule has 3 rings (SSSR count). The summed E-state index contributed by atoms with van der Waals surface area (Å²) >= 11 is 3.34. The largest absolute Gasteiger partial charge is 0.339 e. The van der Waals surface area contributed by atoms with E-state index >= 15 is 0 Å². The van der Waals surface area contributed by atoms with Gasteiger partial charge in [-0.05, 0) is 43.5 Å². The van der Waals surface area contributed by atoms with E-state index < -0.39 is 5.54 Å². The molecule has 7 nitrogen and oxygen atoms in total. The van der Waals surface area contributed by atoms with Crippen molar-refractivity contribution in [3.05, 3.63) is 40.5 Å². The maximum absolute atomic E-state index is 11.8. The van der Waals surface area contributed by atoms with Crippen molar-refractivity contribution in [3.8, 4) is 0 Å². The first-order valence-electron chi connectivity index (χ1n) is 7.47. The number of anilines is 1. The number of carbonyl (C=O) groups excluding carboxylic acids is 1. The Kier molecular flexibility index (Phi) is 4.63. The molecule has 2 amide bonds. The standard InChI is InChI=1S/C15H18BrN5O2/c16-10-2-4-11(5-3-10)19-14(22)18-9-6-12-20-13(21-23-12)15(17)7-1-8-15/h2-5H,1,6-9,17H2,(H2,18,19,22). The molecule has 0 aliphatic heterocycles. The molecule has 1 aliphatic rings. The van der Waals surface area contributed by atoms with Crippen molar-refractivity contribution in [3.63, 3.8) is 0 Å². The number of nitrogens with one attached hydrogen (secondary N) is 2. The van der Waals surface area contributed by atoms with Gasteiger partial charge < -0.3 is 20.9 Å². The van der Waals surface area contributed by atoms with Gasteiger partial charge in [0, 0.05) is 23.1 Å². The second kappa shape index (κ2) is 6.67. The fraction of sp³-hybridized carbons (Fsp3) is 0.400. The summed E-state index contributed by atoms with van der Waals surface area (Å²) < 4.78 is 6.14. The van der Waals surface area contributed by atoms with Gasteiger partial charge in [-0.1, -0.05) is 21.1 Å². The van der Waals surface area contributed by atoms with E-state index in [1.54, 1.807) is 0 Å². The Bertz CT molecular complexity index is 681. The molecule has 1 fully saturated rings. The summed E-state index contributed by atoms with van der Waals surface area (Å²) in [6.07, 6.45) is 3.34. The molecule has 0 atom stereocenters. The molecule has 1 heterocycles. The number of urea groups is 1. The molecule has 0 bridgehead atoms. The third-order valence-electron chi connectivity index (χ3n) is 3.89. The van der Waals surface area contributed by atoms with Gasteiger partial charge in [0.25, 0.3) is 0 Å². The zero-order valence-electron chi connectivity index (χ0n) is 12.5. The van der Waals surface area contributed by atoms with Crippen molar-refractivity contribution in [2.45, 2.75) is 31.2 Å². The summed E-state index contributed by atoms with van der Waals surface area (Å²) in [5, 5.41) is 9.43. The second-order valence-corrected chi connectivity index (χ2v) is 6.57. The van der Waals surface area contributed by atoms with Crippen LogP contribution in [0.1, 0.15) is 31.0 Å². The first-order chi connectivity index (χ1) is 11.0. The quantitative estimate of drug-likeness (QED) is 0.739. The molecule has 1 saturated carbocycles. The lowest BCUT2D eigenvalue weighted by molar-refractivity contribution is 0.229. The summed E-state index contributed by atoms with van der Waals surface area (Å²) in [6, 6.07) is 7.07. The Morgan fingerprint density at radius 1 is 1.35 bits per heavy atom. The van der Waals surface area contributed by atoms with Gasteiger partial charge in [0.1, 0.15) is 0 Å². The predicted octanol–water partition coefficient (Wildman–Crippen LogP) is 2.53. The summed E-state index contributed by atoms with van der Waals surface area (Å²) in [5.74, 6) is 1.05. The lowest BCUT2D eigenvalue weighted by Crippen LogP contribution is -2.44. The zero-order chi connectivity index (χ0) is 16.3. The van der Waals surface area contributed by atoms with Crippen LogP contribution in [0.5, 0.6) is 0 Å². The average molecular weight is 380 g/mol. The van der Waals surface area contributed by atoms with Crippen LogP contribution in [0.3, 0.4) is 0 Å². The van der Waals surface area contributed by atoms with Crippen LogP contribution in [0.4, 0.5) is 10.5 Å². The highest BCUT2D eigenvalue weighted by Crippen LogP contribution is 2.36. The van der Waals surface area contributed by atoms with Gasteiger partial charge in [-0.15, -0.1) is 0 Å². The molecule has 1 aromatic heterocycles. The summed E-state index contributed by atoms with van der Waals surface area (Å²) in [4.78, 5) is 16.1. The molecule has 2 aromatic rings. The van der Waals surface area contributed by atoms with Crippen LogP contribution in [-0.2, 0) is 12.0 Å². The number of rotatable bonds is 5. The van der Waals surface area contributed by atoms with Crippen molar-refractivity contribution in [1.29, 1.82) is 0 Å². The van der Waals surface area contributed by atoms with Crippen LogP contribution in [0.2, 0.25) is 0 Å². The van der Waals surface area contributed by atoms with Gasteiger partial charge >= 0.3 is 6.03 Å². The van der Waals surface area contributed by atoms with E-state index in [1.165, 1.54) is 0 Å². The van der Waals surface area contributed by atoms with Crippen molar-refractivity contribution < 1.29 is 9.32 Å². The Morgan fingerprint density at radius 3 is 2.74 bits per heavy atom. The van der Waals surface area contributed by atoms with Crippen LogP contribution in [0, 0.1) is 0 Å². The van der Waals surface area contributed by atoms with Gasteiger partial charge in [0.15, 0.2) is 5.82 Å². The van der Waals surface area contributed by atoms with E-state index in [0.717, 1.165) is 29.4 Å². The highest BCUT2D eigenvalue weighted by molar-refractivity contribution is 9.10. The molecule has 0 radical (unpaired) electrons. The molecule has 122 valence electrons. The van der Waals surface area contributed by atoms with Crippen LogP contribution in [0.15, 0.2) is 33.3 Å². The number of carbonyl (C=O) groups is 1. The minimum atomic E-state index is -0.422. The molecular weight excluding hydrogens is 362 g/mol. The topological polar surface area (TPSA) is 106 Å². The Balaban J connectivity index is 1.44. The van der Waals surface area contributed by atoms with Gasteiger partial charge in [-0.25, -0.2) is 4.79 Å². The molecule has 8 heteroatoms. The van der Waals surface area contributed by atoms with Crippen molar-refractivity contribution in [2.75, 3.05) is 11.9 Å². The SMILES string of the molecule is NC1(c2noc(CCNC(=O)Nc3ccc(Br)cc3)n2)CCC1. The first-order valence-corrected chi connectivity index (χ1v) is 8.27. The number of amides is 2. The summed E-state index contributed by atoms with van der Waals surface area (Å²) in [5.41, 5.74) is 6.44. The second-order valence-electron chi connectivity index (χ2n) is 5.66. The van der Waals surface area contributed by atoms with Crippen molar-refractivity contribution in [1.82, 2.24) is 15.5 Å². The highest BCUT2D eigenvalue weighted by Gasteiger charge is 2.38. The first kappa shape index (κ1) is 15.9. The van der Waals surface area contributed by atoms with Gasteiger partial charge in [0.05, 0.1) is 5.54 Å². The molecule has 0 saturated heterocycles. The summed E-state index contributed by atoms with van der Waals surface area (Å²) in [6.45, 7) is 0.404. The van der Waals surface area contributed by atoms with Crippen molar-refractivity contribution in [2.24, 2.45) is 5.73 Å². The molecule has 0 unspecified atom stereocenters. The fourth-order valence-electron chi connectivity index (χ4n) is 2.33. The number of nitrogens with two attached hydrogens (primary N) is 1. The molecular formula is C15H18BrN5O2. The minimum Gasteiger partial charge on any atom is -0.339 e. The van der Waals surface area contributed by atoms with Crippen LogP contribution in [0.25, 0.3) is 0 Å². The van der Waals surface area contributed by atoms with E-state index in [0.29, 0.717) is 24.7 Å². The van der Waals surface area contributed by atoms with E-state index in [2.05, 4.69) is 36.7 Å². The van der Waals surface area contributed by atoms with Crippen LogP contribution in [-0.4, -0.2) is 22.7 Å². The number of halogens is 1. The maximum atomic E-state index is 11.8. The average Bonchev–Trinajstić information content (AvgIpc) is 2.96. The third-order valence-corrected chi connectivity index (χ3v) is 4.41. The predicted molar refractivity (Wildman–Crippen MR) is 88.9 cm³/mol. The van der Waals surface area contributed by atoms with Crippen LogP contribution < -0.4 is 16.4 Å². The Morgan fingerprint density at radius 2 is 2.09 bits per heavy atom. The number of hydrogen-bond donors (Lipinski definition) is 3. The lowest BCUT2D eigenvalue weighted by atomic mass is 9.77. The molecule has 23 heavy (non-hydrogen) atoms. The van der Waals surface area contributed by atoms with E-state index in [9.17, 15) is 4.79 Å². The molecule has 1 aliphatic carbocycles. The van der Waals surface area contributed by atoms with Gasteiger partial charge in [-0.2, -0.15) is 4.98 Å². The number of aromatic nitrogens is 2. The number of hydrogen-bond acceptors (Lipinski definition) is 5. The zero-order valence-corrected chi connectivity index (χ0v) is 14.1. The number of nitrogens with zero attached hydrogens (tertiary/aromatic N) is 2. The maximum Gasteiger partial charge on any atom is 0.319 e. The Labute approximate surface area is 142 Å². The summed E-state index contributed by atoms with van der Waals surface area (Å²) in [7, 11) is 0. The van der Waals surface area contributed by atoms with Gasteiger partial charge in [0.2, 0.25) is 5.89 Å². The normalized spacial score (nSPS) is 15.7. The van der Waals surface area contributed by atoms with Crippen LogP contribution >= 0.6 is 15.9 Å². The smallest absolute Gasteiger partial charge is 0.319 e. The monoisotopic (exact) mass is 379 g/mol. The lowest BCUT2D eigenvalue weighted by Gasteiger charge is -2.34. The van der Waals surface area contributed by atoms with E-state index in [-0.39, 0.29) is 6.03 Å². The molecule has 1 aromatic carbocycles.